The topological polar surface area (TPSA) is 3.24 Å². The zero-order valence-electron chi connectivity index (χ0n) is 6.14. The Morgan fingerprint density at radius 1 is 1.36 bits per heavy atom. The van der Waals surface area contributed by atoms with Crippen molar-refractivity contribution in [1.82, 2.24) is 0 Å². The van der Waals surface area contributed by atoms with Crippen LogP contribution in [-0.2, 0) is 0 Å². The fourth-order valence-electron chi connectivity index (χ4n) is 0.791. The molecule has 1 aromatic rings. The molecule has 0 saturated carbocycles. The lowest BCUT2D eigenvalue weighted by atomic mass is 10.3. The summed E-state index contributed by atoms with van der Waals surface area (Å²) in [5.74, 6) is -1.17. The van der Waals surface area contributed by atoms with Crippen molar-refractivity contribution in [3.05, 3.63) is 36.9 Å². The van der Waals surface area contributed by atoms with E-state index in [1.165, 1.54) is 17.0 Å². The molecule has 0 fully saturated rings. The molecule has 0 bridgehead atoms. The highest BCUT2D eigenvalue weighted by Gasteiger charge is 2.00. The lowest BCUT2D eigenvalue weighted by Gasteiger charge is -2.21. The molecule has 0 atom stereocenters. The van der Waals surface area contributed by atoms with E-state index in [1.807, 2.05) is 0 Å². The molecule has 0 aromatic heterocycles. The molecule has 3 heteroatoms. The van der Waals surface area contributed by atoms with Crippen LogP contribution in [0.15, 0.2) is 18.2 Å². The molecular formula is C8H8F2N-. The Balaban J connectivity index is 3.09. The Labute approximate surface area is 64.3 Å². The fourth-order valence-corrected chi connectivity index (χ4v) is 0.791. The van der Waals surface area contributed by atoms with Gasteiger partial charge in [-0.3, -0.25) is 7.05 Å². The predicted molar refractivity (Wildman–Crippen MR) is 40.1 cm³/mol. The Morgan fingerprint density at radius 2 is 2.00 bits per heavy atom. The molecule has 0 N–H and O–H groups in total. The lowest BCUT2D eigenvalue weighted by molar-refractivity contribution is 0.583. The summed E-state index contributed by atoms with van der Waals surface area (Å²) in [7, 11) is 5.06. The standard InChI is InChI=1S/C8H8F2N/c1-11(2)8-4-3-6(9)5-7(8)10/h3-5H,1H2,2H3/q-1. The number of nitrogens with zero attached hydrogens (tertiary/aromatic N) is 1. The van der Waals surface area contributed by atoms with E-state index in [4.69, 9.17) is 0 Å². The molecule has 0 aliphatic carbocycles. The van der Waals surface area contributed by atoms with Crippen LogP contribution in [0.2, 0.25) is 0 Å². The van der Waals surface area contributed by atoms with Crippen molar-refractivity contribution in [3.8, 4) is 0 Å². The van der Waals surface area contributed by atoms with Crippen LogP contribution in [0.4, 0.5) is 14.5 Å². The van der Waals surface area contributed by atoms with Crippen molar-refractivity contribution in [2.45, 2.75) is 0 Å². The SMILES string of the molecule is [CH2-]N(C)c1ccc(F)cc1F. The third-order valence-electron chi connectivity index (χ3n) is 1.32. The van der Waals surface area contributed by atoms with E-state index in [9.17, 15) is 8.78 Å². The third kappa shape index (κ3) is 1.67. The van der Waals surface area contributed by atoms with Gasteiger partial charge in [-0.1, -0.05) is 0 Å². The van der Waals surface area contributed by atoms with Crippen molar-refractivity contribution in [2.75, 3.05) is 11.9 Å². The number of benzene rings is 1. The fraction of sp³-hybridized carbons (Fsp3) is 0.125. The maximum Gasteiger partial charge on any atom is 0.146 e. The second kappa shape index (κ2) is 2.86. The normalized spacial score (nSPS) is 9.82. The van der Waals surface area contributed by atoms with Crippen LogP contribution in [-0.4, -0.2) is 7.05 Å². The van der Waals surface area contributed by atoms with Gasteiger partial charge in [0, 0.05) is 11.8 Å². The zero-order valence-corrected chi connectivity index (χ0v) is 6.14. The molecule has 1 aromatic carbocycles. The molecule has 11 heavy (non-hydrogen) atoms. The first kappa shape index (κ1) is 7.98. The molecule has 0 unspecified atom stereocenters. The second-order valence-corrected chi connectivity index (χ2v) is 2.29. The van der Waals surface area contributed by atoms with E-state index in [0.29, 0.717) is 0 Å². The first-order valence-electron chi connectivity index (χ1n) is 3.10. The summed E-state index contributed by atoms with van der Waals surface area (Å²) < 4.78 is 25.1. The highest BCUT2D eigenvalue weighted by molar-refractivity contribution is 5.47. The van der Waals surface area contributed by atoms with E-state index < -0.39 is 11.6 Å². The average molecular weight is 156 g/mol. The molecule has 1 rings (SSSR count). The van der Waals surface area contributed by atoms with Crippen molar-refractivity contribution in [3.63, 3.8) is 0 Å². The van der Waals surface area contributed by atoms with E-state index in [1.54, 1.807) is 7.05 Å². The monoisotopic (exact) mass is 156 g/mol. The van der Waals surface area contributed by atoms with E-state index in [0.717, 1.165) is 6.07 Å². The molecule has 0 aliphatic rings. The van der Waals surface area contributed by atoms with E-state index in [-0.39, 0.29) is 5.69 Å². The number of halogens is 2. The summed E-state index contributed by atoms with van der Waals surface area (Å²) in [5.41, 5.74) is 0.284. The van der Waals surface area contributed by atoms with Crippen LogP contribution in [0.25, 0.3) is 0 Å². The zero-order chi connectivity index (χ0) is 8.43. The van der Waals surface area contributed by atoms with Crippen LogP contribution in [0.3, 0.4) is 0 Å². The van der Waals surface area contributed by atoms with Gasteiger partial charge in [0.2, 0.25) is 0 Å². The minimum absolute atomic E-state index is 0.284. The Bertz CT molecular complexity index is 258. The van der Waals surface area contributed by atoms with E-state index >= 15 is 0 Å². The van der Waals surface area contributed by atoms with Gasteiger partial charge in [-0.05, 0) is 19.2 Å². The molecule has 1 nitrogen and oxygen atoms in total. The molecule has 0 radical (unpaired) electrons. The quantitative estimate of drug-likeness (QED) is 0.563. The highest BCUT2D eigenvalue weighted by Crippen LogP contribution is 2.17. The van der Waals surface area contributed by atoms with E-state index in [2.05, 4.69) is 7.05 Å². The van der Waals surface area contributed by atoms with Gasteiger partial charge in [0.05, 0.1) is 0 Å². The van der Waals surface area contributed by atoms with Crippen molar-refractivity contribution in [1.29, 1.82) is 0 Å². The lowest BCUT2D eigenvalue weighted by Crippen LogP contribution is -2.07. The molecular weight excluding hydrogens is 148 g/mol. The summed E-state index contributed by atoms with van der Waals surface area (Å²) >= 11 is 0. The number of hydrogen-bond donors (Lipinski definition) is 0. The minimum Gasteiger partial charge on any atom is -0.525 e. The Hall–Kier alpha value is -1.12. The summed E-state index contributed by atoms with van der Waals surface area (Å²) in [4.78, 5) is 1.34. The first-order chi connectivity index (χ1) is 5.11. The van der Waals surface area contributed by atoms with Gasteiger partial charge in [0.15, 0.2) is 0 Å². The third-order valence-corrected chi connectivity index (χ3v) is 1.32. The maximum absolute atomic E-state index is 12.8. The van der Waals surface area contributed by atoms with Crippen molar-refractivity contribution in [2.24, 2.45) is 0 Å². The largest absolute Gasteiger partial charge is 0.525 e. The summed E-state index contributed by atoms with van der Waals surface area (Å²) in [6.07, 6.45) is 0. The maximum atomic E-state index is 12.8. The first-order valence-corrected chi connectivity index (χ1v) is 3.10. The molecule has 0 saturated heterocycles. The van der Waals surface area contributed by atoms with Gasteiger partial charge < -0.3 is 4.90 Å². The van der Waals surface area contributed by atoms with Crippen LogP contribution in [0.1, 0.15) is 0 Å². The van der Waals surface area contributed by atoms with Crippen LogP contribution < -0.4 is 4.90 Å². The van der Waals surface area contributed by atoms with Crippen LogP contribution in [0.5, 0.6) is 0 Å². The second-order valence-electron chi connectivity index (χ2n) is 2.29. The number of hydrogen-bond acceptors (Lipinski definition) is 1. The Kier molecular flexibility index (Phi) is 2.08. The van der Waals surface area contributed by atoms with Crippen molar-refractivity contribution < 1.29 is 8.78 Å². The smallest absolute Gasteiger partial charge is 0.146 e. The van der Waals surface area contributed by atoms with Gasteiger partial charge in [0.25, 0.3) is 0 Å². The van der Waals surface area contributed by atoms with Gasteiger partial charge in [-0.2, -0.15) is 0 Å². The predicted octanol–water partition coefficient (Wildman–Crippen LogP) is 2.19. The van der Waals surface area contributed by atoms with Crippen molar-refractivity contribution >= 4 is 5.69 Å². The summed E-state index contributed by atoms with van der Waals surface area (Å²) in [6, 6.07) is 3.37. The van der Waals surface area contributed by atoms with Gasteiger partial charge >= 0.3 is 0 Å². The summed E-state index contributed by atoms with van der Waals surface area (Å²) in [5, 5.41) is 0. The highest BCUT2D eigenvalue weighted by atomic mass is 19.1. The summed E-state index contributed by atoms with van der Waals surface area (Å²) in [6.45, 7) is 0. The van der Waals surface area contributed by atoms with Gasteiger partial charge in [0.1, 0.15) is 11.6 Å². The van der Waals surface area contributed by atoms with Gasteiger partial charge in [-0.15, -0.1) is 0 Å². The number of rotatable bonds is 1. The average Bonchev–Trinajstić information content (AvgIpc) is 1.85. The Morgan fingerprint density at radius 3 is 2.45 bits per heavy atom. The van der Waals surface area contributed by atoms with Crippen LogP contribution in [0, 0.1) is 18.7 Å². The molecule has 0 amide bonds. The molecule has 0 heterocycles. The minimum atomic E-state index is -0.595. The van der Waals surface area contributed by atoms with Crippen LogP contribution >= 0.6 is 0 Å². The molecule has 60 valence electrons. The van der Waals surface area contributed by atoms with Gasteiger partial charge in [-0.25, -0.2) is 8.78 Å². The number of anilines is 1. The molecule has 0 spiro atoms. The molecule has 0 aliphatic heterocycles.